The number of carbonyl (C=O) groups excluding carboxylic acids is 1. The van der Waals surface area contributed by atoms with Gasteiger partial charge in [0.2, 0.25) is 5.91 Å². The molecule has 150 valence electrons. The molecule has 3 rings (SSSR count). The van der Waals surface area contributed by atoms with Crippen LogP contribution in [0.4, 0.5) is 0 Å². The molecule has 4 heteroatoms. The zero-order valence-corrected chi connectivity index (χ0v) is 16.8. The van der Waals surface area contributed by atoms with Crippen LogP contribution in [0.2, 0.25) is 0 Å². The van der Waals surface area contributed by atoms with Crippen molar-refractivity contribution in [2.75, 3.05) is 19.6 Å². The lowest BCUT2D eigenvalue weighted by atomic mass is 9.87. The summed E-state index contributed by atoms with van der Waals surface area (Å²) in [5.41, 5.74) is 8.97. The number of primary amides is 1. The Kier molecular flexibility index (Phi) is 7.24. The van der Waals surface area contributed by atoms with E-state index in [0.29, 0.717) is 12.3 Å². The van der Waals surface area contributed by atoms with Crippen molar-refractivity contribution >= 4 is 5.91 Å². The third kappa shape index (κ3) is 5.66. The number of amides is 1. The molecule has 0 radical (unpaired) electrons. The highest BCUT2D eigenvalue weighted by atomic mass is 16.3. The molecule has 4 nitrogen and oxygen atoms in total. The first-order valence-corrected chi connectivity index (χ1v) is 10.4. The van der Waals surface area contributed by atoms with Crippen molar-refractivity contribution in [3.05, 3.63) is 71.3 Å². The number of carbonyl (C=O) groups is 1. The second kappa shape index (κ2) is 9.85. The predicted molar refractivity (Wildman–Crippen MR) is 113 cm³/mol. The Balaban J connectivity index is 1.48. The van der Waals surface area contributed by atoms with Gasteiger partial charge in [-0.3, -0.25) is 4.79 Å². The number of aliphatic hydroxyl groups excluding tert-OH is 1. The van der Waals surface area contributed by atoms with Crippen molar-refractivity contribution in [3.8, 4) is 0 Å². The third-order valence-electron chi connectivity index (χ3n) is 5.94. The molecule has 1 saturated heterocycles. The van der Waals surface area contributed by atoms with Crippen LogP contribution in [0.1, 0.15) is 54.9 Å². The van der Waals surface area contributed by atoms with E-state index in [2.05, 4.69) is 29.2 Å². The normalized spacial score (nSPS) is 17.9. The van der Waals surface area contributed by atoms with Crippen LogP contribution in [0.3, 0.4) is 0 Å². The molecule has 0 spiro atoms. The summed E-state index contributed by atoms with van der Waals surface area (Å²) in [5, 5.41) is 10.4. The molecule has 1 aliphatic heterocycles. The van der Waals surface area contributed by atoms with E-state index in [1.54, 1.807) is 0 Å². The van der Waals surface area contributed by atoms with Crippen LogP contribution in [0.25, 0.3) is 0 Å². The van der Waals surface area contributed by atoms with Crippen LogP contribution in [0.15, 0.2) is 54.6 Å². The van der Waals surface area contributed by atoms with Gasteiger partial charge in [0, 0.05) is 12.5 Å². The van der Waals surface area contributed by atoms with Crippen molar-refractivity contribution in [2.24, 2.45) is 11.7 Å². The molecule has 1 unspecified atom stereocenters. The molecule has 2 atom stereocenters. The summed E-state index contributed by atoms with van der Waals surface area (Å²) in [6.45, 7) is 4.94. The molecule has 0 aliphatic carbocycles. The highest BCUT2D eigenvalue weighted by Gasteiger charge is 2.21. The number of aliphatic hydroxyl groups is 1. The Labute approximate surface area is 168 Å². The molecule has 1 aliphatic rings. The monoisotopic (exact) mass is 380 g/mol. The molecule has 2 aromatic rings. The van der Waals surface area contributed by atoms with Gasteiger partial charge in [0.05, 0.1) is 6.10 Å². The summed E-state index contributed by atoms with van der Waals surface area (Å²) in [5.74, 6) is 0.198. The molecule has 3 N–H and O–H groups in total. The molecular formula is C24H32N2O2. The largest absolute Gasteiger partial charge is 0.388 e. The van der Waals surface area contributed by atoms with E-state index in [1.807, 2.05) is 37.3 Å². The maximum Gasteiger partial charge on any atom is 0.220 e. The Hall–Kier alpha value is -2.17. The number of likely N-dealkylation sites (tertiary alicyclic amines) is 1. The van der Waals surface area contributed by atoms with Crippen molar-refractivity contribution in [1.82, 2.24) is 4.90 Å². The fourth-order valence-corrected chi connectivity index (χ4v) is 4.06. The lowest BCUT2D eigenvalue weighted by molar-refractivity contribution is -0.121. The smallest absolute Gasteiger partial charge is 0.220 e. The molecule has 1 amide bonds. The number of hydrogen-bond donors (Lipinski definition) is 2. The van der Waals surface area contributed by atoms with Crippen LogP contribution in [-0.4, -0.2) is 35.5 Å². The highest BCUT2D eigenvalue weighted by Crippen LogP contribution is 2.29. The topological polar surface area (TPSA) is 66.6 Å². The van der Waals surface area contributed by atoms with E-state index >= 15 is 0 Å². The average molecular weight is 381 g/mol. The average Bonchev–Trinajstić information content (AvgIpc) is 2.73. The molecule has 1 heterocycles. The number of piperidine rings is 1. The van der Waals surface area contributed by atoms with Crippen molar-refractivity contribution in [2.45, 2.75) is 44.6 Å². The minimum absolute atomic E-state index is 0.131. The molecule has 2 aromatic carbocycles. The van der Waals surface area contributed by atoms with Gasteiger partial charge in [-0.05, 0) is 61.4 Å². The number of nitrogens with two attached hydrogens (primary N) is 1. The summed E-state index contributed by atoms with van der Waals surface area (Å²) in [6, 6.07) is 18.5. The van der Waals surface area contributed by atoms with Gasteiger partial charge in [-0.15, -0.1) is 0 Å². The summed E-state index contributed by atoms with van der Waals surface area (Å²) in [6.07, 6.45) is 3.36. The van der Waals surface area contributed by atoms with E-state index in [4.69, 9.17) is 5.73 Å². The van der Waals surface area contributed by atoms with Gasteiger partial charge in [-0.2, -0.15) is 0 Å². The quantitative estimate of drug-likeness (QED) is 0.734. The molecule has 1 fully saturated rings. The van der Waals surface area contributed by atoms with Gasteiger partial charge in [-0.25, -0.2) is 0 Å². The zero-order valence-electron chi connectivity index (χ0n) is 16.8. The van der Waals surface area contributed by atoms with E-state index in [9.17, 15) is 9.90 Å². The first-order valence-electron chi connectivity index (χ1n) is 10.4. The summed E-state index contributed by atoms with van der Waals surface area (Å²) in [4.78, 5) is 13.8. The van der Waals surface area contributed by atoms with Crippen molar-refractivity contribution < 1.29 is 9.90 Å². The van der Waals surface area contributed by atoms with Crippen LogP contribution in [0, 0.1) is 5.92 Å². The molecular weight excluding hydrogens is 348 g/mol. The lowest BCUT2D eigenvalue weighted by Gasteiger charge is -2.33. The minimum Gasteiger partial charge on any atom is -0.388 e. The minimum atomic E-state index is -0.386. The molecule has 0 bridgehead atoms. The molecule has 28 heavy (non-hydrogen) atoms. The van der Waals surface area contributed by atoms with Gasteiger partial charge in [0.1, 0.15) is 0 Å². The Morgan fingerprint density at radius 2 is 1.86 bits per heavy atom. The zero-order chi connectivity index (χ0) is 19.9. The van der Waals surface area contributed by atoms with E-state index < -0.39 is 0 Å². The molecule has 0 saturated carbocycles. The SMILES string of the molecule is CC(Cc1cccc(C2CCN(CC[C@@H](O)c3ccccc3)CC2)c1)C(N)=O. The van der Waals surface area contributed by atoms with Gasteiger partial charge in [0.25, 0.3) is 0 Å². The van der Waals surface area contributed by atoms with Gasteiger partial charge >= 0.3 is 0 Å². The summed E-state index contributed by atoms with van der Waals surface area (Å²) >= 11 is 0. The lowest BCUT2D eigenvalue weighted by Crippen LogP contribution is -2.34. The second-order valence-electron chi connectivity index (χ2n) is 8.08. The Morgan fingerprint density at radius 3 is 2.54 bits per heavy atom. The summed E-state index contributed by atoms with van der Waals surface area (Å²) < 4.78 is 0. The van der Waals surface area contributed by atoms with E-state index in [1.165, 1.54) is 11.1 Å². The number of benzene rings is 2. The van der Waals surface area contributed by atoms with E-state index in [0.717, 1.165) is 44.5 Å². The Bertz CT molecular complexity index is 754. The number of nitrogens with zero attached hydrogens (tertiary/aromatic N) is 1. The first kappa shape index (κ1) is 20.6. The predicted octanol–water partition coefficient (Wildman–Crippen LogP) is 3.65. The fourth-order valence-electron chi connectivity index (χ4n) is 4.06. The second-order valence-corrected chi connectivity index (χ2v) is 8.08. The van der Waals surface area contributed by atoms with Gasteiger partial charge < -0.3 is 15.7 Å². The van der Waals surface area contributed by atoms with Crippen LogP contribution >= 0.6 is 0 Å². The van der Waals surface area contributed by atoms with Crippen molar-refractivity contribution in [3.63, 3.8) is 0 Å². The first-order chi connectivity index (χ1) is 13.5. The van der Waals surface area contributed by atoms with Crippen LogP contribution in [-0.2, 0) is 11.2 Å². The fraction of sp³-hybridized carbons (Fsp3) is 0.458. The van der Waals surface area contributed by atoms with Gasteiger partial charge in [-0.1, -0.05) is 61.5 Å². The van der Waals surface area contributed by atoms with E-state index in [-0.39, 0.29) is 17.9 Å². The number of rotatable bonds is 8. The maximum absolute atomic E-state index is 11.3. The summed E-state index contributed by atoms with van der Waals surface area (Å²) in [7, 11) is 0. The third-order valence-corrected chi connectivity index (χ3v) is 5.94. The van der Waals surface area contributed by atoms with Crippen molar-refractivity contribution in [1.29, 1.82) is 0 Å². The number of hydrogen-bond acceptors (Lipinski definition) is 3. The molecule has 0 aromatic heterocycles. The van der Waals surface area contributed by atoms with Crippen LogP contribution in [0.5, 0.6) is 0 Å². The highest BCUT2D eigenvalue weighted by molar-refractivity contribution is 5.76. The standard InChI is InChI=1S/C24H32N2O2/c1-18(24(25)28)16-19-6-5-9-22(17-19)20-10-13-26(14-11-20)15-12-23(27)21-7-3-2-4-8-21/h2-9,17-18,20,23,27H,10-16H2,1H3,(H2,25,28)/t18?,23-/m1/s1. The van der Waals surface area contributed by atoms with Crippen LogP contribution < -0.4 is 5.73 Å². The van der Waals surface area contributed by atoms with Gasteiger partial charge in [0.15, 0.2) is 0 Å². The Morgan fingerprint density at radius 1 is 1.14 bits per heavy atom. The maximum atomic E-state index is 11.3.